The first-order valence-corrected chi connectivity index (χ1v) is 7.67. The van der Waals surface area contributed by atoms with E-state index in [0.29, 0.717) is 6.04 Å². The molecule has 0 spiro atoms. The number of methoxy groups -OCH3 is 2. The minimum absolute atomic E-state index is 0.370. The van der Waals surface area contributed by atoms with Crippen LogP contribution in [0.2, 0.25) is 0 Å². The van der Waals surface area contributed by atoms with Crippen molar-refractivity contribution in [2.75, 3.05) is 14.2 Å². The van der Waals surface area contributed by atoms with Crippen LogP contribution >= 0.6 is 0 Å². The molecule has 22 heavy (non-hydrogen) atoms. The molecule has 1 aliphatic carbocycles. The second-order valence-electron chi connectivity index (χ2n) is 5.72. The molecule has 0 unspecified atom stereocenters. The van der Waals surface area contributed by atoms with Gasteiger partial charge >= 0.3 is 0 Å². The van der Waals surface area contributed by atoms with Gasteiger partial charge < -0.3 is 14.8 Å². The van der Waals surface area contributed by atoms with Gasteiger partial charge in [-0.3, -0.25) is 4.68 Å². The second-order valence-corrected chi connectivity index (χ2v) is 5.72. The molecule has 5 nitrogen and oxygen atoms in total. The maximum atomic E-state index is 5.33. The summed E-state index contributed by atoms with van der Waals surface area (Å²) in [6.07, 6.45) is 5.47. The topological polar surface area (TPSA) is 48.3 Å². The van der Waals surface area contributed by atoms with E-state index in [9.17, 15) is 0 Å². The fraction of sp³-hybridized carbons (Fsp3) is 0.471. The third kappa shape index (κ3) is 2.95. The van der Waals surface area contributed by atoms with Gasteiger partial charge in [-0.25, -0.2) is 0 Å². The molecule has 0 fully saturated rings. The van der Waals surface area contributed by atoms with Crippen molar-refractivity contribution in [1.82, 2.24) is 15.1 Å². The zero-order chi connectivity index (χ0) is 15.5. The molecule has 1 N–H and O–H groups in total. The van der Waals surface area contributed by atoms with Gasteiger partial charge in [0.15, 0.2) is 0 Å². The maximum Gasteiger partial charge on any atom is 0.122 e. The number of nitrogens with one attached hydrogen (secondary N) is 1. The number of rotatable bonds is 5. The maximum absolute atomic E-state index is 5.33. The van der Waals surface area contributed by atoms with Gasteiger partial charge in [-0.15, -0.1) is 0 Å². The highest BCUT2D eigenvalue weighted by Crippen LogP contribution is 2.30. The highest BCUT2D eigenvalue weighted by atomic mass is 16.5. The van der Waals surface area contributed by atoms with E-state index in [1.54, 1.807) is 14.2 Å². The van der Waals surface area contributed by atoms with Crippen LogP contribution in [0.25, 0.3) is 0 Å². The third-order valence-electron chi connectivity index (χ3n) is 4.34. The average molecular weight is 301 g/mol. The Bertz CT molecular complexity index is 629. The summed E-state index contributed by atoms with van der Waals surface area (Å²) in [6, 6.07) is 6.35. The lowest BCUT2D eigenvalue weighted by Crippen LogP contribution is -2.25. The van der Waals surface area contributed by atoms with Crippen LogP contribution in [-0.2, 0) is 20.0 Å². The number of fused-ring (bicyclic) bond motifs is 1. The molecule has 118 valence electrons. The number of nitrogens with zero attached hydrogens (tertiary/aromatic N) is 2. The van der Waals surface area contributed by atoms with Crippen molar-refractivity contribution in [3.8, 4) is 11.5 Å². The van der Waals surface area contributed by atoms with Gasteiger partial charge in [0.05, 0.1) is 20.4 Å². The summed E-state index contributed by atoms with van der Waals surface area (Å²) in [5.74, 6) is 1.64. The van der Waals surface area contributed by atoms with Gasteiger partial charge in [0, 0.05) is 37.0 Å². The fourth-order valence-electron chi connectivity index (χ4n) is 3.13. The summed E-state index contributed by atoms with van der Waals surface area (Å²) in [7, 11) is 5.37. The van der Waals surface area contributed by atoms with Crippen molar-refractivity contribution >= 4 is 0 Å². The summed E-state index contributed by atoms with van der Waals surface area (Å²) in [5.41, 5.74) is 3.85. The summed E-state index contributed by atoms with van der Waals surface area (Å²) in [4.78, 5) is 0. The predicted octanol–water partition coefficient (Wildman–Crippen LogP) is 2.60. The van der Waals surface area contributed by atoms with E-state index < -0.39 is 0 Å². The summed E-state index contributed by atoms with van der Waals surface area (Å²) in [5, 5.41) is 8.04. The normalized spacial score (nSPS) is 17.1. The van der Waals surface area contributed by atoms with Crippen LogP contribution < -0.4 is 14.8 Å². The molecule has 1 atom stereocenters. The molecular weight excluding hydrogens is 278 g/mol. The predicted molar refractivity (Wildman–Crippen MR) is 85.3 cm³/mol. The molecule has 5 heteroatoms. The van der Waals surface area contributed by atoms with Crippen LogP contribution in [0, 0.1) is 0 Å². The van der Waals surface area contributed by atoms with Gasteiger partial charge in [-0.2, -0.15) is 5.10 Å². The van der Waals surface area contributed by atoms with Crippen molar-refractivity contribution in [1.29, 1.82) is 0 Å². The van der Waals surface area contributed by atoms with Crippen LogP contribution in [0.4, 0.5) is 0 Å². The molecule has 3 rings (SSSR count). The number of ether oxygens (including phenoxy) is 2. The third-order valence-corrected chi connectivity index (χ3v) is 4.34. The molecule has 0 saturated carbocycles. The number of hydrogen-bond acceptors (Lipinski definition) is 4. The van der Waals surface area contributed by atoms with E-state index >= 15 is 0 Å². The number of aromatic nitrogens is 2. The summed E-state index contributed by atoms with van der Waals surface area (Å²) in [6.45, 7) is 0.784. The molecule has 2 aromatic rings. The fourth-order valence-corrected chi connectivity index (χ4v) is 3.13. The Balaban J connectivity index is 1.73. The molecule has 0 aliphatic heterocycles. The quantitative estimate of drug-likeness (QED) is 0.922. The highest BCUT2D eigenvalue weighted by Gasteiger charge is 2.22. The SMILES string of the molecule is COc1cc(CN[C@H]2CCCc3c2cnn3C)cc(OC)c1. The first kappa shape index (κ1) is 14.9. The molecule has 1 aromatic heterocycles. The Hall–Kier alpha value is -2.01. The molecule has 0 radical (unpaired) electrons. The molecule has 1 heterocycles. The minimum Gasteiger partial charge on any atom is -0.497 e. The van der Waals surface area contributed by atoms with Crippen molar-refractivity contribution in [2.24, 2.45) is 7.05 Å². The lowest BCUT2D eigenvalue weighted by Gasteiger charge is -2.24. The molecule has 0 amide bonds. The van der Waals surface area contributed by atoms with E-state index in [4.69, 9.17) is 9.47 Å². The Morgan fingerprint density at radius 3 is 2.64 bits per heavy atom. The Morgan fingerprint density at radius 1 is 1.23 bits per heavy atom. The molecular formula is C17H23N3O2. The van der Waals surface area contributed by atoms with Gasteiger partial charge in [0.2, 0.25) is 0 Å². The van der Waals surface area contributed by atoms with Gasteiger partial charge in [-0.1, -0.05) is 0 Å². The van der Waals surface area contributed by atoms with Crippen LogP contribution in [-0.4, -0.2) is 24.0 Å². The van der Waals surface area contributed by atoms with Crippen LogP contribution in [0.5, 0.6) is 11.5 Å². The standard InChI is InChI=1S/C17H23N3O2/c1-20-17-6-4-5-16(15(17)11-19-20)18-10-12-7-13(21-2)9-14(8-12)22-3/h7-9,11,16,18H,4-6,10H2,1-3H3/t16-/m0/s1. The van der Waals surface area contributed by atoms with Crippen molar-refractivity contribution < 1.29 is 9.47 Å². The monoisotopic (exact) mass is 301 g/mol. The lowest BCUT2D eigenvalue weighted by atomic mass is 9.93. The van der Waals surface area contributed by atoms with Gasteiger partial charge in [0.1, 0.15) is 11.5 Å². The average Bonchev–Trinajstić information content (AvgIpc) is 2.94. The van der Waals surface area contributed by atoms with Crippen molar-refractivity contribution in [3.63, 3.8) is 0 Å². The zero-order valence-corrected chi connectivity index (χ0v) is 13.4. The van der Waals surface area contributed by atoms with E-state index in [1.807, 2.05) is 36.1 Å². The number of aryl methyl sites for hydroxylation is 1. The summed E-state index contributed by atoms with van der Waals surface area (Å²) >= 11 is 0. The smallest absolute Gasteiger partial charge is 0.122 e. The Kier molecular flexibility index (Phi) is 4.34. The van der Waals surface area contributed by atoms with Crippen molar-refractivity contribution in [2.45, 2.75) is 31.8 Å². The number of hydrogen-bond donors (Lipinski definition) is 1. The van der Waals surface area contributed by atoms with E-state index in [1.165, 1.54) is 17.7 Å². The molecule has 1 aliphatic rings. The van der Waals surface area contributed by atoms with Gasteiger partial charge in [0.25, 0.3) is 0 Å². The number of benzene rings is 1. The first-order chi connectivity index (χ1) is 10.7. The Morgan fingerprint density at radius 2 is 1.95 bits per heavy atom. The highest BCUT2D eigenvalue weighted by molar-refractivity contribution is 5.38. The summed E-state index contributed by atoms with van der Waals surface area (Å²) < 4.78 is 12.7. The molecule has 0 saturated heterocycles. The lowest BCUT2D eigenvalue weighted by molar-refractivity contribution is 0.392. The van der Waals surface area contributed by atoms with Gasteiger partial charge in [-0.05, 0) is 37.0 Å². The zero-order valence-electron chi connectivity index (χ0n) is 13.4. The van der Waals surface area contributed by atoms with Crippen LogP contribution in [0.3, 0.4) is 0 Å². The van der Waals surface area contributed by atoms with E-state index in [2.05, 4.69) is 10.4 Å². The van der Waals surface area contributed by atoms with Crippen molar-refractivity contribution in [3.05, 3.63) is 41.2 Å². The van der Waals surface area contributed by atoms with E-state index in [0.717, 1.165) is 36.4 Å². The van der Waals surface area contributed by atoms with E-state index in [-0.39, 0.29) is 0 Å². The Labute approximate surface area is 131 Å². The van der Waals surface area contributed by atoms with Crippen LogP contribution in [0.1, 0.15) is 35.7 Å². The second kappa shape index (κ2) is 6.40. The molecule has 0 bridgehead atoms. The first-order valence-electron chi connectivity index (χ1n) is 7.67. The minimum atomic E-state index is 0.370. The van der Waals surface area contributed by atoms with Crippen LogP contribution in [0.15, 0.2) is 24.4 Å². The largest absolute Gasteiger partial charge is 0.497 e. The molecule has 1 aromatic carbocycles.